The Kier molecular flexibility index (Phi) is 4.97. The average Bonchev–Trinajstić information content (AvgIpc) is 3.32. The summed E-state index contributed by atoms with van der Waals surface area (Å²) in [6, 6.07) is 10.1. The first-order valence-electron chi connectivity index (χ1n) is 10.2. The molecule has 3 heterocycles. The van der Waals surface area contributed by atoms with Gasteiger partial charge in [-0.15, -0.1) is 0 Å². The van der Waals surface area contributed by atoms with Gasteiger partial charge < -0.3 is 10.4 Å². The molecular formula is C22H19N5O5S. The van der Waals surface area contributed by atoms with Gasteiger partial charge >= 0.3 is 11.7 Å². The van der Waals surface area contributed by atoms with E-state index in [2.05, 4.69) is 15.0 Å². The van der Waals surface area contributed by atoms with Gasteiger partial charge in [-0.1, -0.05) is 12.1 Å². The lowest BCUT2D eigenvalue weighted by Crippen LogP contribution is -2.44. The molecule has 1 unspecified atom stereocenters. The molecule has 2 amide bonds. The Morgan fingerprint density at radius 3 is 2.85 bits per heavy atom. The van der Waals surface area contributed by atoms with E-state index < -0.39 is 17.9 Å². The number of para-hydroxylation sites is 1. The zero-order valence-corrected chi connectivity index (χ0v) is 18.3. The highest BCUT2D eigenvalue weighted by atomic mass is 32.1. The Bertz CT molecular complexity index is 1510. The number of nitrogens with one attached hydrogen (secondary N) is 2. The van der Waals surface area contributed by atoms with E-state index in [0.717, 1.165) is 27.5 Å². The van der Waals surface area contributed by atoms with Crippen LogP contribution in [0.5, 0.6) is 0 Å². The highest BCUT2D eigenvalue weighted by molar-refractivity contribution is 7.13. The molecule has 1 aliphatic rings. The summed E-state index contributed by atoms with van der Waals surface area (Å²) in [5.41, 5.74) is 2.69. The first kappa shape index (κ1) is 20.9. The largest absolute Gasteiger partial charge is 0.476 e. The normalized spacial score (nSPS) is 16.3. The summed E-state index contributed by atoms with van der Waals surface area (Å²) in [6.45, 7) is 0.403. The summed E-state index contributed by atoms with van der Waals surface area (Å²) >= 11 is 1.12. The molecule has 11 heteroatoms. The predicted octanol–water partition coefficient (Wildman–Crippen LogP) is 2.24. The number of anilines is 1. The smallest absolute Gasteiger partial charge is 0.356 e. The first-order valence-corrected chi connectivity index (χ1v) is 11.0. The molecule has 1 aliphatic heterocycles. The first-order chi connectivity index (χ1) is 15.8. The van der Waals surface area contributed by atoms with Crippen LogP contribution in [0.15, 0.2) is 41.2 Å². The van der Waals surface area contributed by atoms with Gasteiger partial charge in [0.05, 0.1) is 15.7 Å². The fraction of sp³-hybridized carbons (Fsp3) is 0.227. The number of carboxylic acid groups (broad SMARTS) is 1. The molecule has 1 atom stereocenters. The lowest BCUT2D eigenvalue weighted by Gasteiger charge is -2.22. The Hall–Kier alpha value is -3.99. The SMILES string of the molecule is Cn1c(=O)n(C2CCC(=O)NC2=O)c2cccc(CNc3ccc4c(C(=O)O)nsc4c3)c21. The number of fused-ring (bicyclic) bond motifs is 2. The topological polar surface area (TPSA) is 135 Å². The minimum Gasteiger partial charge on any atom is -0.476 e. The summed E-state index contributed by atoms with van der Waals surface area (Å²) in [5.74, 6) is -1.86. The molecular weight excluding hydrogens is 446 g/mol. The fourth-order valence-corrected chi connectivity index (χ4v) is 5.10. The van der Waals surface area contributed by atoms with Crippen molar-refractivity contribution in [1.82, 2.24) is 18.8 Å². The number of benzene rings is 2. The lowest BCUT2D eigenvalue weighted by atomic mass is 10.1. The molecule has 33 heavy (non-hydrogen) atoms. The van der Waals surface area contributed by atoms with Gasteiger partial charge in [0.1, 0.15) is 6.04 Å². The van der Waals surface area contributed by atoms with Crippen LogP contribution in [-0.4, -0.2) is 36.4 Å². The maximum Gasteiger partial charge on any atom is 0.356 e. The van der Waals surface area contributed by atoms with Crippen LogP contribution in [0.2, 0.25) is 0 Å². The van der Waals surface area contributed by atoms with Gasteiger partial charge in [0.2, 0.25) is 11.8 Å². The van der Waals surface area contributed by atoms with Gasteiger partial charge in [-0.3, -0.25) is 24.0 Å². The second-order valence-corrected chi connectivity index (χ2v) is 8.67. The van der Waals surface area contributed by atoms with Gasteiger partial charge in [0, 0.05) is 31.1 Å². The summed E-state index contributed by atoms with van der Waals surface area (Å²) in [6.07, 6.45) is 0.462. The Labute approximate surface area is 190 Å². The van der Waals surface area contributed by atoms with Crippen LogP contribution in [0, 0.1) is 0 Å². The minimum absolute atomic E-state index is 0.0381. The molecule has 4 aromatic rings. The Morgan fingerprint density at radius 2 is 2.09 bits per heavy atom. The highest BCUT2D eigenvalue weighted by Gasteiger charge is 2.31. The van der Waals surface area contributed by atoms with Crippen molar-refractivity contribution in [3.05, 3.63) is 58.1 Å². The summed E-state index contributed by atoms with van der Waals surface area (Å²) < 4.78 is 7.72. The van der Waals surface area contributed by atoms with Gasteiger partial charge in [-0.2, -0.15) is 4.37 Å². The predicted molar refractivity (Wildman–Crippen MR) is 123 cm³/mol. The van der Waals surface area contributed by atoms with E-state index in [1.807, 2.05) is 18.2 Å². The minimum atomic E-state index is -1.06. The number of aromatic nitrogens is 3. The van der Waals surface area contributed by atoms with Crippen molar-refractivity contribution in [1.29, 1.82) is 0 Å². The summed E-state index contributed by atoms with van der Waals surface area (Å²) in [7, 11) is 1.66. The maximum absolute atomic E-state index is 13.0. The summed E-state index contributed by atoms with van der Waals surface area (Å²) in [4.78, 5) is 48.2. The number of imidazole rings is 1. The third kappa shape index (κ3) is 3.46. The van der Waals surface area contributed by atoms with Crippen LogP contribution in [0.25, 0.3) is 21.1 Å². The van der Waals surface area contributed by atoms with Crippen LogP contribution in [-0.2, 0) is 23.2 Å². The van der Waals surface area contributed by atoms with Crippen molar-refractivity contribution in [2.45, 2.75) is 25.4 Å². The van der Waals surface area contributed by atoms with Crippen LogP contribution in [0.1, 0.15) is 34.9 Å². The van der Waals surface area contributed by atoms with E-state index in [1.165, 1.54) is 9.13 Å². The third-order valence-corrected chi connectivity index (χ3v) is 6.67. The van der Waals surface area contributed by atoms with Crippen LogP contribution in [0.4, 0.5) is 5.69 Å². The zero-order chi connectivity index (χ0) is 23.3. The van der Waals surface area contributed by atoms with Gasteiger partial charge in [-0.05, 0) is 47.8 Å². The van der Waals surface area contributed by atoms with Crippen LogP contribution in [0.3, 0.4) is 0 Å². The molecule has 5 rings (SSSR count). The van der Waals surface area contributed by atoms with Crippen LogP contribution >= 0.6 is 11.5 Å². The molecule has 3 N–H and O–H groups in total. The second-order valence-electron chi connectivity index (χ2n) is 7.86. The molecule has 0 saturated carbocycles. The van der Waals surface area contributed by atoms with Crippen molar-refractivity contribution >= 4 is 56.1 Å². The highest BCUT2D eigenvalue weighted by Crippen LogP contribution is 2.28. The number of carbonyl (C=O) groups is 3. The van der Waals surface area contributed by atoms with Crippen molar-refractivity contribution < 1.29 is 19.5 Å². The van der Waals surface area contributed by atoms with E-state index in [4.69, 9.17) is 0 Å². The second kappa shape index (κ2) is 7.85. The molecule has 2 aromatic heterocycles. The maximum atomic E-state index is 13.0. The molecule has 0 radical (unpaired) electrons. The number of carbonyl (C=O) groups excluding carboxylic acids is 2. The standard InChI is InChI=1S/C22H19N5O5S/c1-26-19-11(10-23-12-5-6-13-16(9-12)33-25-18(13)21(30)31)3-2-4-14(19)27(22(26)32)15-7-8-17(28)24-20(15)29/h2-6,9,15,23H,7-8,10H2,1H3,(H,30,31)(H,24,28,29). The van der Waals surface area contributed by atoms with E-state index in [-0.39, 0.29) is 30.1 Å². The van der Waals surface area contributed by atoms with E-state index in [1.54, 1.807) is 25.2 Å². The van der Waals surface area contributed by atoms with E-state index in [9.17, 15) is 24.3 Å². The number of carboxylic acids is 1. The van der Waals surface area contributed by atoms with E-state index in [0.29, 0.717) is 23.0 Å². The molecule has 0 bridgehead atoms. The molecule has 1 saturated heterocycles. The van der Waals surface area contributed by atoms with Gasteiger partial charge in [0.15, 0.2) is 5.69 Å². The number of rotatable bonds is 5. The van der Waals surface area contributed by atoms with Crippen molar-refractivity contribution in [2.24, 2.45) is 7.05 Å². The quantitative estimate of drug-likeness (QED) is 0.385. The molecule has 2 aromatic carbocycles. The Balaban J connectivity index is 1.48. The monoisotopic (exact) mass is 465 g/mol. The third-order valence-electron chi connectivity index (χ3n) is 5.87. The number of hydrogen-bond donors (Lipinski definition) is 3. The molecule has 0 aliphatic carbocycles. The number of hydrogen-bond acceptors (Lipinski definition) is 7. The number of aryl methyl sites for hydroxylation is 1. The number of amides is 2. The summed E-state index contributed by atoms with van der Waals surface area (Å²) in [5, 5.41) is 15.4. The van der Waals surface area contributed by atoms with Crippen molar-refractivity contribution in [3.8, 4) is 0 Å². The zero-order valence-electron chi connectivity index (χ0n) is 17.5. The average molecular weight is 465 g/mol. The Morgan fingerprint density at radius 1 is 1.27 bits per heavy atom. The number of piperidine rings is 1. The van der Waals surface area contributed by atoms with Gasteiger partial charge in [-0.25, -0.2) is 9.59 Å². The molecule has 0 spiro atoms. The van der Waals surface area contributed by atoms with Gasteiger partial charge in [0.25, 0.3) is 0 Å². The number of aromatic carboxylic acids is 1. The number of nitrogens with zero attached hydrogens (tertiary/aromatic N) is 3. The van der Waals surface area contributed by atoms with Crippen molar-refractivity contribution in [2.75, 3.05) is 5.32 Å². The number of imide groups is 1. The molecule has 1 fully saturated rings. The van der Waals surface area contributed by atoms with E-state index >= 15 is 0 Å². The van der Waals surface area contributed by atoms with Crippen LogP contribution < -0.4 is 16.3 Å². The van der Waals surface area contributed by atoms with Crippen molar-refractivity contribution in [3.63, 3.8) is 0 Å². The molecule has 168 valence electrons. The lowest BCUT2D eigenvalue weighted by molar-refractivity contribution is -0.135. The molecule has 10 nitrogen and oxygen atoms in total. The fourth-order valence-electron chi connectivity index (χ4n) is 4.29.